The zero-order chi connectivity index (χ0) is 13.7. The van der Waals surface area contributed by atoms with Crippen LogP contribution in [0, 0.1) is 16.7 Å². The van der Waals surface area contributed by atoms with Crippen LogP contribution in [0.1, 0.15) is 48.0 Å². The first-order valence-corrected chi connectivity index (χ1v) is 6.23. The Morgan fingerprint density at radius 3 is 1.82 bits per heavy atom. The molecule has 98 valence electrons. The first-order chi connectivity index (χ1) is 7.72. The number of hydrogen-bond donors (Lipinski definition) is 1. The molecule has 0 aliphatic heterocycles. The fourth-order valence-corrected chi connectivity index (χ4v) is 2.25. The third-order valence-electron chi connectivity index (χ3n) is 3.61. The van der Waals surface area contributed by atoms with Crippen molar-refractivity contribution in [3.05, 3.63) is 24.3 Å². The van der Waals surface area contributed by atoms with Gasteiger partial charge in [-0.2, -0.15) is 0 Å². The van der Waals surface area contributed by atoms with Gasteiger partial charge in [-0.1, -0.05) is 45.1 Å². The Labute approximate surface area is 105 Å². The molecule has 0 aromatic carbocycles. The first-order valence-electron chi connectivity index (χ1n) is 6.23. The van der Waals surface area contributed by atoms with Crippen molar-refractivity contribution in [3.63, 3.8) is 0 Å². The Bertz CT molecular complexity index is 301. The van der Waals surface area contributed by atoms with Gasteiger partial charge in [-0.05, 0) is 33.1 Å². The third-order valence-corrected chi connectivity index (χ3v) is 3.61. The van der Waals surface area contributed by atoms with Gasteiger partial charge in [0.05, 0.1) is 5.41 Å². The van der Waals surface area contributed by atoms with Gasteiger partial charge in [-0.25, -0.2) is 0 Å². The fourth-order valence-electron chi connectivity index (χ4n) is 2.25. The van der Waals surface area contributed by atoms with E-state index in [0.29, 0.717) is 6.42 Å². The van der Waals surface area contributed by atoms with Crippen LogP contribution in [0.25, 0.3) is 0 Å². The Morgan fingerprint density at radius 2 is 1.59 bits per heavy atom. The van der Waals surface area contributed by atoms with E-state index in [1.807, 2.05) is 46.8 Å². The zero-order valence-corrected chi connectivity index (χ0v) is 11.9. The van der Waals surface area contributed by atoms with E-state index in [-0.39, 0.29) is 11.3 Å². The summed E-state index contributed by atoms with van der Waals surface area (Å²) in [7, 11) is 0. The topological polar surface area (TPSA) is 37.3 Å². The second-order valence-electron chi connectivity index (χ2n) is 5.56. The van der Waals surface area contributed by atoms with Crippen molar-refractivity contribution in [2.75, 3.05) is 0 Å². The lowest BCUT2D eigenvalue weighted by Crippen LogP contribution is -2.37. The minimum absolute atomic E-state index is 0.106. The normalized spacial score (nSPS) is 19.7. The van der Waals surface area contributed by atoms with E-state index in [2.05, 4.69) is 19.1 Å². The molecule has 0 radical (unpaired) electrons. The predicted octanol–water partition coefficient (Wildman–Crippen LogP) is 4.28. The average Bonchev–Trinajstić information content (AvgIpc) is 2.17. The van der Waals surface area contributed by atoms with Gasteiger partial charge in [-0.3, -0.25) is 4.79 Å². The smallest absolute Gasteiger partial charge is 0.309 e. The Morgan fingerprint density at radius 1 is 1.18 bits per heavy atom. The average molecular weight is 238 g/mol. The van der Waals surface area contributed by atoms with Crippen LogP contribution < -0.4 is 0 Å². The van der Waals surface area contributed by atoms with Crippen molar-refractivity contribution in [2.24, 2.45) is 16.7 Å². The number of carboxylic acids is 1. The van der Waals surface area contributed by atoms with Crippen molar-refractivity contribution in [1.82, 2.24) is 0 Å². The van der Waals surface area contributed by atoms with Crippen LogP contribution in [-0.4, -0.2) is 11.1 Å². The van der Waals surface area contributed by atoms with Crippen LogP contribution in [0.5, 0.6) is 0 Å². The van der Waals surface area contributed by atoms with Crippen molar-refractivity contribution >= 4 is 5.97 Å². The minimum Gasteiger partial charge on any atom is -0.481 e. The quantitative estimate of drug-likeness (QED) is 0.701. The monoisotopic (exact) mass is 238 g/mol. The van der Waals surface area contributed by atoms with E-state index in [1.54, 1.807) is 0 Å². The third kappa shape index (κ3) is 4.03. The van der Waals surface area contributed by atoms with E-state index in [9.17, 15) is 9.90 Å². The summed E-state index contributed by atoms with van der Waals surface area (Å²) in [5.74, 6) is -0.609. The van der Waals surface area contributed by atoms with E-state index in [1.165, 1.54) is 0 Å². The van der Waals surface area contributed by atoms with Gasteiger partial charge >= 0.3 is 5.97 Å². The molecular weight excluding hydrogens is 212 g/mol. The molecule has 1 unspecified atom stereocenters. The predicted molar refractivity (Wildman–Crippen MR) is 72.9 cm³/mol. The Kier molecular flexibility index (Phi) is 5.67. The Hall–Kier alpha value is -1.05. The molecule has 1 N–H and O–H groups in total. The lowest BCUT2D eigenvalue weighted by molar-refractivity contribution is -0.152. The molecule has 0 aromatic rings. The highest BCUT2D eigenvalue weighted by atomic mass is 16.4. The minimum atomic E-state index is -0.715. The fraction of sp³-hybridized carbons (Fsp3) is 0.667. The van der Waals surface area contributed by atoms with Gasteiger partial charge in [-0.15, -0.1) is 0 Å². The van der Waals surface area contributed by atoms with Crippen molar-refractivity contribution in [3.8, 4) is 0 Å². The molecule has 2 heteroatoms. The largest absolute Gasteiger partial charge is 0.481 e. The summed E-state index contributed by atoms with van der Waals surface area (Å²) in [6.45, 7) is 11.8. The summed E-state index contributed by atoms with van der Waals surface area (Å²) in [5, 5.41) is 9.45. The molecule has 1 atom stereocenters. The van der Waals surface area contributed by atoms with E-state index >= 15 is 0 Å². The molecule has 0 aliphatic rings. The molecule has 0 aromatic heterocycles. The van der Waals surface area contributed by atoms with Crippen molar-refractivity contribution < 1.29 is 9.90 Å². The van der Waals surface area contributed by atoms with Crippen LogP contribution in [0.2, 0.25) is 0 Å². The van der Waals surface area contributed by atoms with E-state index < -0.39 is 11.4 Å². The molecule has 17 heavy (non-hydrogen) atoms. The van der Waals surface area contributed by atoms with Gasteiger partial charge in [0.2, 0.25) is 0 Å². The molecule has 0 fully saturated rings. The van der Waals surface area contributed by atoms with Gasteiger partial charge in [0.15, 0.2) is 0 Å². The number of carboxylic acid groups (broad SMARTS) is 1. The maximum Gasteiger partial charge on any atom is 0.309 e. The first kappa shape index (κ1) is 16.0. The number of allylic oxidation sites excluding steroid dienone is 4. The second kappa shape index (κ2) is 6.04. The highest BCUT2D eigenvalue weighted by Gasteiger charge is 2.41. The lowest BCUT2D eigenvalue weighted by Gasteiger charge is -2.36. The van der Waals surface area contributed by atoms with Gasteiger partial charge in [0.1, 0.15) is 0 Å². The summed E-state index contributed by atoms with van der Waals surface area (Å²) in [5.41, 5.74) is -0.894. The highest BCUT2D eigenvalue weighted by Crippen LogP contribution is 2.41. The maximum atomic E-state index is 11.5. The number of aliphatic carboxylic acids is 1. The molecule has 0 rings (SSSR count). The molecular formula is C15H26O2. The SMILES string of the molecule is CC=CC(C)(C=CC)CC(C)(C(=O)O)C(C)C. The number of rotatable bonds is 6. The van der Waals surface area contributed by atoms with Crippen LogP contribution in [-0.2, 0) is 4.79 Å². The summed E-state index contributed by atoms with van der Waals surface area (Å²) in [6.07, 6.45) is 8.75. The molecule has 2 nitrogen and oxygen atoms in total. The molecule has 0 amide bonds. The van der Waals surface area contributed by atoms with Gasteiger partial charge in [0.25, 0.3) is 0 Å². The molecule has 0 heterocycles. The van der Waals surface area contributed by atoms with Crippen LogP contribution >= 0.6 is 0 Å². The molecule has 0 aliphatic carbocycles. The van der Waals surface area contributed by atoms with E-state index in [0.717, 1.165) is 0 Å². The summed E-state index contributed by atoms with van der Waals surface area (Å²) in [6, 6.07) is 0. The Balaban J connectivity index is 5.28. The zero-order valence-electron chi connectivity index (χ0n) is 11.9. The van der Waals surface area contributed by atoms with Crippen molar-refractivity contribution in [2.45, 2.75) is 48.0 Å². The van der Waals surface area contributed by atoms with Crippen molar-refractivity contribution in [1.29, 1.82) is 0 Å². The van der Waals surface area contributed by atoms with Gasteiger partial charge in [0, 0.05) is 5.41 Å². The summed E-state index contributed by atoms with van der Waals surface area (Å²) >= 11 is 0. The molecule has 0 saturated carbocycles. The van der Waals surface area contributed by atoms with Crippen LogP contribution in [0.4, 0.5) is 0 Å². The standard InChI is InChI=1S/C15H26O2/c1-7-9-14(5,10-8-2)11-15(6,12(3)4)13(16)17/h7-10,12H,11H2,1-6H3,(H,16,17). The van der Waals surface area contributed by atoms with Crippen LogP contribution in [0.3, 0.4) is 0 Å². The molecule has 0 bridgehead atoms. The number of hydrogen-bond acceptors (Lipinski definition) is 1. The van der Waals surface area contributed by atoms with Crippen LogP contribution in [0.15, 0.2) is 24.3 Å². The lowest BCUT2D eigenvalue weighted by atomic mass is 9.67. The number of carbonyl (C=O) groups is 1. The summed E-state index contributed by atoms with van der Waals surface area (Å²) in [4.78, 5) is 11.5. The summed E-state index contributed by atoms with van der Waals surface area (Å²) < 4.78 is 0. The molecule has 0 saturated heterocycles. The highest BCUT2D eigenvalue weighted by molar-refractivity contribution is 5.74. The maximum absolute atomic E-state index is 11.5. The van der Waals surface area contributed by atoms with E-state index in [4.69, 9.17) is 0 Å². The second-order valence-corrected chi connectivity index (χ2v) is 5.56. The molecule has 0 spiro atoms. The van der Waals surface area contributed by atoms with Gasteiger partial charge < -0.3 is 5.11 Å².